The summed E-state index contributed by atoms with van der Waals surface area (Å²) in [5.74, 6) is -1.18. The summed E-state index contributed by atoms with van der Waals surface area (Å²) in [5, 5.41) is 3.09. The van der Waals surface area contributed by atoms with E-state index in [-0.39, 0.29) is 6.61 Å². The summed E-state index contributed by atoms with van der Waals surface area (Å²) in [6.45, 7) is 9.51. The molecule has 1 aromatic carbocycles. The lowest BCUT2D eigenvalue weighted by atomic mass is 10.0. The maximum atomic E-state index is 12.3. The molecule has 0 aliphatic carbocycles. The highest BCUT2D eigenvalue weighted by atomic mass is 32.1. The molecule has 1 amide bonds. The van der Waals surface area contributed by atoms with Gasteiger partial charge >= 0.3 is 11.9 Å². The van der Waals surface area contributed by atoms with Crippen molar-refractivity contribution in [1.82, 2.24) is 0 Å². The van der Waals surface area contributed by atoms with Crippen molar-refractivity contribution in [1.29, 1.82) is 0 Å². The normalized spacial score (nSPS) is 10.7. The fourth-order valence-electron chi connectivity index (χ4n) is 2.89. The highest BCUT2D eigenvalue weighted by Gasteiger charge is 2.23. The third kappa shape index (κ3) is 5.67. The highest BCUT2D eigenvalue weighted by Crippen LogP contribution is 2.34. The molecule has 2 aromatic rings. The molecular formula is C22H27NO5S. The SMILES string of the molecule is CCOC(=O)c1c(NC(=O)COC(=O)c2ccc(C(C)C)cc2)sc(C)c1CC. The summed E-state index contributed by atoms with van der Waals surface area (Å²) in [4.78, 5) is 37.7. The second kappa shape index (κ2) is 10.2. The van der Waals surface area contributed by atoms with E-state index in [1.807, 2.05) is 26.0 Å². The number of esters is 2. The van der Waals surface area contributed by atoms with Crippen LogP contribution in [0.15, 0.2) is 24.3 Å². The number of carbonyl (C=O) groups is 3. The zero-order chi connectivity index (χ0) is 21.6. The minimum Gasteiger partial charge on any atom is -0.462 e. The van der Waals surface area contributed by atoms with Crippen molar-refractivity contribution in [2.75, 3.05) is 18.5 Å². The zero-order valence-corrected chi connectivity index (χ0v) is 18.3. The van der Waals surface area contributed by atoms with Crippen LogP contribution in [0.1, 0.15) is 70.3 Å². The standard InChI is InChI=1S/C22H27NO5S/c1-6-17-14(5)29-20(19(17)22(26)27-7-2)23-18(24)12-28-21(25)16-10-8-15(9-11-16)13(3)4/h8-11,13H,6-7,12H2,1-5H3,(H,23,24). The topological polar surface area (TPSA) is 81.7 Å². The second-order valence-corrected chi connectivity index (χ2v) is 8.04. The van der Waals surface area contributed by atoms with Crippen molar-refractivity contribution < 1.29 is 23.9 Å². The molecule has 0 spiro atoms. The van der Waals surface area contributed by atoms with Gasteiger partial charge in [-0.05, 0) is 49.4 Å². The highest BCUT2D eigenvalue weighted by molar-refractivity contribution is 7.16. The molecule has 0 fully saturated rings. The Morgan fingerprint density at radius 1 is 1.03 bits per heavy atom. The van der Waals surface area contributed by atoms with Crippen molar-refractivity contribution in [3.05, 3.63) is 51.4 Å². The molecule has 6 nitrogen and oxygen atoms in total. The Morgan fingerprint density at radius 3 is 2.24 bits per heavy atom. The quantitative estimate of drug-likeness (QED) is 0.629. The van der Waals surface area contributed by atoms with Crippen LogP contribution in [0.5, 0.6) is 0 Å². The van der Waals surface area contributed by atoms with Gasteiger partial charge in [0.2, 0.25) is 0 Å². The number of rotatable bonds is 8. The molecule has 1 aromatic heterocycles. The van der Waals surface area contributed by atoms with Gasteiger partial charge in [0.1, 0.15) is 5.00 Å². The average molecular weight is 418 g/mol. The van der Waals surface area contributed by atoms with Gasteiger partial charge in [-0.2, -0.15) is 0 Å². The lowest BCUT2D eigenvalue weighted by Gasteiger charge is -2.09. The molecule has 0 unspecified atom stereocenters. The number of carbonyl (C=O) groups excluding carboxylic acids is 3. The average Bonchev–Trinajstić information content (AvgIpc) is 3.01. The molecule has 0 saturated carbocycles. The van der Waals surface area contributed by atoms with Crippen LogP contribution in [0.25, 0.3) is 0 Å². The molecule has 1 N–H and O–H groups in total. The van der Waals surface area contributed by atoms with Gasteiger partial charge in [0, 0.05) is 4.88 Å². The Morgan fingerprint density at radius 2 is 1.69 bits per heavy atom. The first kappa shape index (κ1) is 22.6. The number of amides is 1. The molecule has 0 saturated heterocycles. The van der Waals surface area contributed by atoms with E-state index < -0.39 is 24.5 Å². The van der Waals surface area contributed by atoms with Gasteiger partial charge in [0.15, 0.2) is 6.61 Å². The van der Waals surface area contributed by atoms with Crippen molar-refractivity contribution in [3.8, 4) is 0 Å². The molecule has 156 valence electrons. The Labute approximate surface area is 175 Å². The van der Waals surface area contributed by atoms with Crippen LogP contribution in [0, 0.1) is 6.92 Å². The number of ether oxygens (including phenoxy) is 2. The van der Waals surface area contributed by atoms with Gasteiger partial charge in [-0.15, -0.1) is 11.3 Å². The summed E-state index contributed by atoms with van der Waals surface area (Å²) in [6.07, 6.45) is 0.647. The van der Waals surface area contributed by atoms with E-state index in [0.717, 1.165) is 16.0 Å². The first-order valence-electron chi connectivity index (χ1n) is 9.64. The number of anilines is 1. The molecule has 1 heterocycles. The molecule has 29 heavy (non-hydrogen) atoms. The summed E-state index contributed by atoms with van der Waals surface area (Å²) >= 11 is 1.31. The summed E-state index contributed by atoms with van der Waals surface area (Å²) < 4.78 is 10.2. The van der Waals surface area contributed by atoms with E-state index in [1.54, 1.807) is 19.1 Å². The number of aryl methyl sites for hydroxylation is 1. The third-order valence-electron chi connectivity index (χ3n) is 4.44. The molecule has 0 atom stereocenters. The Balaban J connectivity index is 2.03. The van der Waals surface area contributed by atoms with Crippen molar-refractivity contribution in [3.63, 3.8) is 0 Å². The number of benzene rings is 1. The first-order valence-corrected chi connectivity index (χ1v) is 10.5. The maximum absolute atomic E-state index is 12.3. The Hall–Kier alpha value is -2.67. The van der Waals surface area contributed by atoms with Gasteiger partial charge in [-0.25, -0.2) is 9.59 Å². The first-order chi connectivity index (χ1) is 13.8. The van der Waals surface area contributed by atoms with Gasteiger partial charge in [-0.3, -0.25) is 4.79 Å². The lowest BCUT2D eigenvalue weighted by Crippen LogP contribution is -2.22. The van der Waals surface area contributed by atoms with Crippen LogP contribution in [0.2, 0.25) is 0 Å². The van der Waals surface area contributed by atoms with E-state index in [0.29, 0.717) is 28.5 Å². The Kier molecular flexibility index (Phi) is 7.96. The van der Waals surface area contributed by atoms with Gasteiger partial charge < -0.3 is 14.8 Å². The van der Waals surface area contributed by atoms with Crippen LogP contribution < -0.4 is 5.32 Å². The van der Waals surface area contributed by atoms with Crippen molar-refractivity contribution >= 4 is 34.2 Å². The number of nitrogens with one attached hydrogen (secondary N) is 1. The third-order valence-corrected chi connectivity index (χ3v) is 5.51. The van der Waals surface area contributed by atoms with Crippen LogP contribution >= 0.6 is 11.3 Å². The van der Waals surface area contributed by atoms with Crippen LogP contribution in [0.4, 0.5) is 5.00 Å². The van der Waals surface area contributed by atoms with E-state index in [9.17, 15) is 14.4 Å². The number of hydrogen-bond donors (Lipinski definition) is 1. The molecule has 0 radical (unpaired) electrons. The van der Waals surface area contributed by atoms with E-state index in [1.165, 1.54) is 11.3 Å². The van der Waals surface area contributed by atoms with Crippen LogP contribution in [-0.4, -0.2) is 31.1 Å². The minimum absolute atomic E-state index is 0.248. The maximum Gasteiger partial charge on any atom is 0.341 e. The van der Waals surface area contributed by atoms with Gasteiger partial charge in [0.25, 0.3) is 5.91 Å². The van der Waals surface area contributed by atoms with E-state index in [4.69, 9.17) is 9.47 Å². The van der Waals surface area contributed by atoms with Gasteiger partial charge in [-0.1, -0.05) is 32.9 Å². The molecular weight excluding hydrogens is 390 g/mol. The predicted molar refractivity (Wildman–Crippen MR) is 114 cm³/mol. The van der Waals surface area contributed by atoms with Crippen molar-refractivity contribution in [2.24, 2.45) is 0 Å². The number of hydrogen-bond acceptors (Lipinski definition) is 6. The van der Waals surface area contributed by atoms with E-state index >= 15 is 0 Å². The predicted octanol–water partition coefficient (Wildman–Crippen LogP) is 4.71. The lowest BCUT2D eigenvalue weighted by molar-refractivity contribution is -0.119. The smallest absolute Gasteiger partial charge is 0.341 e. The summed E-state index contributed by atoms with van der Waals surface area (Å²) in [7, 11) is 0. The molecule has 7 heteroatoms. The molecule has 0 aliphatic rings. The fraction of sp³-hybridized carbons (Fsp3) is 0.409. The number of thiophene rings is 1. The summed E-state index contributed by atoms with van der Waals surface area (Å²) in [6, 6.07) is 7.11. The van der Waals surface area contributed by atoms with E-state index in [2.05, 4.69) is 19.2 Å². The summed E-state index contributed by atoms with van der Waals surface area (Å²) in [5.41, 5.74) is 2.73. The van der Waals surface area contributed by atoms with Gasteiger partial charge in [0.05, 0.1) is 17.7 Å². The largest absolute Gasteiger partial charge is 0.462 e. The van der Waals surface area contributed by atoms with Crippen LogP contribution in [-0.2, 0) is 20.7 Å². The second-order valence-electron chi connectivity index (χ2n) is 6.82. The fourth-order valence-corrected chi connectivity index (χ4v) is 4.04. The zero-order valence-electron chi connectivity index (χ0n) is 17.5. The molecule has 0 bridgehead atoms. The molecule has 0 aliphatic heterocycles. The minimum atomic E-state index is -0.572. The molecule has 2 rings (SSSR count). The monoisotopic (exact) mass is 417 g/mol. The van der Waals surface area contributed by atoms with Crippen molar-refractivity contribution in [2.45, 2.75) is 47.0 Å². The van der Waals surface area contributed by atoms with Crippen LogP contribution in [0.3, 0.4) is 0 Å². The Bertz CT molecular complexity index is 883.